The van der Waals surface area contributed by atoms with Crippen LogP contribution >= 0.6 is 11.6 Å². The molecule has 7 heteroatoms. The second-order valence-corrected chi connectivity index (χ2v) is 5.77. The van der Waals surface area contributed by atoms with Gasteiger partial charge in [0.05, 0.1) is 9.95 Å². The number of rotatable bonds is 4. The van der Waals surface area contributed by atoms with E-state index in [1.165, 1.54) is 25.3 Å². The molecule has 0 heterocycles. The molecule has 114 valence electrons. The minimum absolute atomic E-state index is 0.0204. The fraction of sp³-hybridized carbons (Fsp3) is 0.500. The fourth-order valence-corrected chi connectivity index (χ4v) is 2.83. The first-order chi connectivity index (χ1) is 9.99. The Bertz CT molecular complexity index is 557. The Morgan fingerprint density at radius 3 is 2.67 bits per heavy atom. The topological polar surface area (TPSA) is 98.3 Å². The Hall–Kier alpha value is -1.82. The number of benzene rings is 1. The third-order valence-corrected chi connectivity index (χ3v) is 4.16. The maximum atomic E-state index is 12.1. The molecular weight excluding hydrogens is 294 g/mol. The summed E-state index contributed by atoms with van der Waals surface area (Å²) in [4.78, 5) is 22.3. The highest BCUT2D eigenvalue weighted by Gasteiger charge is 2.20. The van der Waals surface area contributed by atoms with E-state index >= 15 is 0 Å². The van der Waals surface area contributed by atoms with Crippen molar-refractivity contribution in [1.29, 1.82) is 0 Å². The van der Waals surface area contributed by atoms with Crippen LogP contribution in [0.3, 0.4) is 0 Å². The van der Waals surface area contributed by atoms with Crippen molar-refractivity contribution in [2.45, 2.75) is 32.1 Å². The highest BCUT2D eigenvalue weighted by molar-refractivity contribution is 6.34. The number of amides is 1. The largest absolute Gasteiger partial charge is 0.392 e. The van der Waals surface area contributed by atoms with Crippen LogP contribution in [0.4, 0.5) is 11.4 Å². The minimum atomic E-state index is -0.640. The van der Waals surface area contributed by atoms with E-state index < -0.39 is 4.92 Å². The molecule has 2 rings (SSSR count). The predicted molar refractivity (Wildman–Crippen MR) is 81.4 cm³/mol. The normalized spacial score (nSPS) is 15.7. The van der Waals surface area contributed by atoms with Gasteiger partial charge in [0, 0.05) is 18.2 Å². The Kier molecular flexibility index (Phi) is 5.01. The molecule has 1 aromatic carbocycles. The molecule has 1 aliphatic carbocycles. The summed E-state index contributed by atoms with van der Waals surface area (Å²) in [6.07, 6.45) is 5.87. The summed E-state index contributed by atoms with van der Waals surface area (Å²) in [5.74, 6) is 0.132. The zero-order valence-corrected chi connectivity index (χ0v) is 12.4. The average Bonchev–Trinajstić information content (AvgIpc) is 2.48. The standard InChI is InChI=1S/C14H18ClN3O3/c15-11-6-10(7-12(13(11)16)18(20)21)14(19)17-8-9-4-2-1-3-5-9/h6-7,9H,1-5,8,16H2,(H,17,19). The van der Waals surface area contributed by atoms with Crippen LogP contribution in [0.5, 0.6) is 0 Å². The number of hydrogen-bond acceptors (Lipinski definition) is 4. The molecule has 0 saturated heterocycles. The van der Waals surface area contributed by atoms with Crippen LogP contribution in [0.25, 0.3) is 0 Å². The number of nitrogens with one attached hydrogen (secondary N) is 1. The van der Waals surface area contributed by atoms with E-state index in [1.54, 1.807) is 0 Å². The van der Waals surface area contributed by atoms with Crippen molar-refractivity contribution in [2.24, 2.45) is 5.92 Å². The highest BCUT2D eigenvalue weighted by atomic mass is 35.5. The predicted octanol–water partition coefficient (Wildman–Crippen LogP) is 3.14. The molecule has 0 radical (unpaired) electrons. The van der Waals surface area contributed by atoms with Crippen molar-refractivity contribution in [2.75, 3.05) is 12.3 Å². The van der Waals surface area contributed by atoms with E-state index in [2.05, 4.69) is 5.32 Å². The van der Waals surface area contributed by atoms with Gasteiger partial charge in [-0.3, -0.25) is 14.9 Å². The van der Waals surface area contributed by atoms with Gasteiger partial charge in [0.15, 0.2) is 0 Å². The molecule has 0 aliphatic heterocycles. The maximum Gasteiger partial charge on any atom is 0.294 e. The summed E-state index contributed by atoms with van der Waals surface area (Å²) in [6, 6.07) is 2.53. The summed E-state index contributed by atoms with van der Waals surface area (Å²) in [5, 5.41) is 13.7. The fourth-order valence-electron chi connectivity index (χ4n) is 2.62. The number of nitrogens with two attached hydrogens (primary N) is 1. The lowest BCUT2D eigenvalue weighted by Gasteiger charge is -2.21. The molecule has 0 aromatic heterocycles. The van der Waals surface area contributed by atoms with Gasteiger partial charge in [0.25, 0.3) is 11.6 Å². The van der Waals surface area contributed by atoms with Gasteiger partial charge >= 0.3 is 0 Å². The molecule has 6 nitrogen and oxygen atoms in total. The number of hydrogen-bond donors (Lipinski definition) is 2. The van der Waals surface area contributed by atoms with Gasteiger partial charge in [-0.15, -0.1) is 0 Å². The molecule has 21 heavy (non-hydrogen) atoms. The van der Waals surface area contributed by atoms with Crippen LogP contribution in [0.2, 0.25) is 5.02 Å². The van der Waals surface area contributed by atoms with Crippen LogP contribution in [0.1, 0.15) is 42.5 Å². The number of carbonyl (C=O) groups is 1. The number of nitro benzene ring substituents is 1. The number of nitrogens with zero attached hydrogens (tertiary/aromatic N) is 1. The van der Waals surface area contributed by atoms with Crippen molar-refractivity contribution < 1.29 is 9.72 Å². The van der Waals surface area contributed by atoms with Gasteiger partial charge in [0.2, 0.25) is 0 Å². The van der Waals surface area contributed by atoms with E-state index in [-0.39, 0.29) is 27.9 Å². The number of halogens is 1. The van der Waals surface area contributed by atoms with Crippen LogP contribution in [-0.2, 0) is 0 Å². The SMILES string of the molecule is Nc1c(Cl)cc(C(=O)NCC2CCCCC2)cc1[N+](=O)[O-]. The van der Waals surface area contributed by atoms with Crippen molar-refractivity contribution in [3.8, 4) is 0 Å². The lowest BCUT2D eigenvalue weighted by Crippen LogP contribution is -2.30. The Morgan fingerprint density at radius 1 is 1.38 bits per heavy atom. The molecule has 0 unspecified atom stereocenters. The molecule has 1 aromatic rings. The van der Waals surface area contributed by atoms with Gasteiger partial charge in [-0.05, 0) is 24.8 Å². The van der Waals surface area contributed by atoms with E-state index in [1.807, 2.05) is 0 Å². The van der Waals surface area contributed by atoms with Crippen molar-refractivity contribution in [1.82, 2.24) is 5.32 Å². The second kappa shape index (κ2) is 6.76. The van der Waals surface area contributed by atoms with Gasteiger partial charge in [-0.2, -0.15) is 0 Å². The summed E-state index contributed by atoms with van der Waals surface area (Å²) < 4.78 is 0. The molecular formula is C14H18ClN3O3. The minimum Gasteiger partial charge on any atom is -0.392 e. The smallest absolute Gasteiger partial charge is 0.294 e. The molecule has 1 amide bonds. The zero-order chi connectivity index (χ0) is 15.4. The maximum absolute atomic E-state index is 12.1. The van der Waals surface area contributed by atoms with Crippen LogP contribution < -0.4 is 11.1 Å². The van der Waals surface area contributed by atoms with Crippen LogP contribution in [0.15, 0.2) is 12.1 Å². The first kappa shape index (κ1) is 15.6. The number of anilines is 1. The monoisotopic (exact) mass is 311 g/mol. The number of carbonyl (C=O) groups excluding carboxylic acids is 1. The summed E-state index contributed by atoms with van der Waals surface area (Å²) in [7, 11) is 0. The van der Waals surface area contributed by atoms with Gasteiger partial charge in [-0.25, -0.2) is 0 Å². The summed E-state index contributed by atoms with van der Waals surface area (Å²) >= 11 is 5.85. The zero-order valence-electron chi connectivity index (χ0n) is 11.6. The second-order valence-electron chi connectivity index (χ2n) is 5.36. The number of nitro groups is 1. The highest BCUT2D eigenvalue weighted by Crippen LogP contribution is 2.31. The molecule has 3 N–H and O–H groups in total. The van der Waals surface area contributed by atoms with Gasteiger partial charge in [0.1, 0.15) is 5.69 Å². The third-order valence-electron chi connectivity index (χ3n) is 3.84. The Balaban J connectivity index is 2.06. The molecule has 1 fully saturated rings. The molecule has 1 saturated carbocycles. The summed E-state index contributed by atoms with van der Waals surface area (Å²) in [5.41, 5.74) is 5.24. The van der Waals surface area contributed by atoms with E-state index in [0.29, 0.717) is 12.5 Å². The number of nitrogen functional groups attached to an aromatic ring is 1. The Labute approximate surface area is 127 Å². The van der Waals surface area contributed by atoms with Crippen molar-refractivity contribution >= 4 is 28.9 Å². The van der Waals surface area contributed by atoms with Crippen LogP contribution in [0, 0.1) is 16.0 Å². The van der Waals surface area contributed by atoms with Gasteiger partial charge < -0.3 is 11.1 Å². The molecule has 0 bridgehead atoms. The summed E-state index contributed by atoms with van der Waals surface area (Å²) in [6.45, 7) is 0.592. The molecule has 0 atom stereocenters. The van der Waals surface area contributed by atoms with E-state index in [4.69, 9.17) is 17.3 Å². The van der Waals surface area contributed by atoms with Gasteiger partial charge in [-0.1, -0.05) is 30.9 Å². The van der Waals surface area contributed by atoms with E-state index in [0.717, 1.165) is 18.9 Å². The quantitative estimate of drug-likeness (QED) is 0.507. The lowest BCUT2D eigenvalue weighted by atomic mass is 9.89. The first-order valence-corrected chi connectivity index (χ1v) is 7.38. The van der Waals surface area contributed by atoms with Crippen LogP contribution in [-0.4, -0.2) is 17.4 Å². The first-order valence-electron chi connectivity index (χ1n) is 7.00. The van der Waals surface area contributed by atoms with Crippen molar-refractivity contribution in [3.63, 3.8) is 0 Å². The lowest BCUT2D eigenvalue weighted by molar-refractivity contribution is -0.383. The molecule has 1 aliphatic rings. The Morgan fingerprint density at radius 2 is 2.05 bits per heavy atom. The van der Waals surface area contributed by atoms with E-state index in [9.17, 15) is 14.9 Å². The molecule has 0 spiro atoms. The average molecular weight is 312 g/mol. The van der Waals surface area contributed by atoms with Crippen molar-refractivity contribution in [3.05, 3.63) is 32.8 Å². The third kappa shape index (κ3) is 3.85.